The molecule has 0 unspecified atom stereocenters. The Morgan fingerprint density at radius 1 is 0.900 bits per heavy atom. The van der Waals surface area contributed by atoms with Gasteiger partial charge in [-0.3, -0.25) is 0 Å². The molecule has 30 heavy (non-hydrogen) atoms. The van der Waals surface area contributed by atoms with Gasteiger partial charge in [-0.25, -0.2) is 4.79 Å². The van der Waals surface area contributed by atoms with E-state index in [0.29, 0.717) is 59.7 Å². The van der Waals surface area contributed by atoms with E-state index in [4.69, 9.17) is 23.7 Å². The molecule has 0 atom stereocenters. The van der Waals surface area contributed by atoms with E-state index in [1.807, 2.05) is 18.2 Å². The molecule has 154 valence electrons. The smallest absolute Gasteiger partial charge is 0.339 e. The number of phenols is 1. The molecule has 1 N–H and O–H groups in total. The van der Waals surface area contributed by atoms with Gasteiger partial charge < -0.3 is 28.8 Å². The fourth-order valence-electron chi connectivity index (χ4n) is 3.80. The van der Waals surface area contributed by atoms with Crippen molar-refractivity contribution in [2.75, 3.05) is 16.0 Å². The van der Waals surface area contributed by atoms with E-state index in [-0.39, 0.29) is 19.1 Å². The van der Waals surface area contributed by atoms with Crippen molar-refractivity contribution >= 4 is 61.9 Å². The summed E-state index contributed by atoms with van der Waals surface area (Å²) in [4.78, 5) is 12.6. The predicted octanol–water partition coefficient (Wildman–Crippen LogP) is 5.15. The zero-order valence-electron chi connectivity index (χ0n) is 15.4. The number of cyclic esters (lactones) is 1. The first-order valence-corrected chi connectivity index (χ1v) is 12.0. The lowest BCUT2D eigenvalue weighted by molar-refractivity contribution is 0.0535. The highest BCUT2D eigenvalue weighted by atomic mass is 127. The molecule has 2 heterocycles. The van der Waals surface area contributed by atoms with Crippen molar-refractivity contribution in [1.82, 2.24) is 0 Å². The Bertz CT molecular complexity index is 1190. The van der Waals surface area contributed by atoms with Crippen LogP contribution in [0.15, 0.2) is 30.3 Å². The third kappa shape index (κ3) is 3.09. The first kappa shape index (κ1) is 19.8. The van der Waals surface area contributed by atoms with Crippen molar-refractivity contribution in [3.8, 4) is 39.9 Å². The number of benzene rings is 3. The third-order valence-corrected chi connectivity index (χ3v) is 5.70. The molecule has 0 saturated heterocycles. The van der Waals surface area contributed by atoms with Crippen LogP contribution in [0.5, 0.6) is 28.7 Å². The van der Waals surface area contributed by atoms with Crippen LogP contribution in [0.2, 0.25) is 0 Å². The summed E-state index contributed by atoms with van der Waals surface area (Å²) >= 11 is 4.24. The van der Waals surface area contributed by atoms with Gasteiger partial charge in [0.05, 0.1) is 5.56 Å². The normalized spacial score (nSPS) is 14.0. The van der Waals surface area contributed by atoms with Gasteiger partial charge in [-0.05, 0) is 80.4 Å². The molecule has 0 bridgehead atoms. The Morgan fingerprint density at radius 2 is 1.60 bits per heavy atom. The number of carbonyl (C=O) groups is 1. The Labute approximate surface area is 198 Å². The molecular formula is C21H14I2O7. The quantitative estimate of drug-likeness (QED) is 0.237. The molecule has 0 aliphatic carbocycles. The summed E-state index contributed by atoms with van der Waals surface area (Å²) in [5.41, 5.74) is 2.21. The van der Waals surface area contributed by atoms with Gasteiger partial charge in [0.1, 0.15) is 21.6 Å². The van der Waals surface area contributed by atoms with Crippen LogP contribution in [-0.2, 0) is 11.3 Å². The second-order valence-corrected chi connectivity index (χ2v) is 7.82. The number of rotatable bonds is 5. The maximum absolute atomic E-state index is 12.6. The average Bonchev–Trinajstić information content (AvgIpc) is 3.36. The van der Waals surface area contributed by atoms with Gasteiger partial charge in [0, 0.05) is 16.5 Å². The lowest BCUT2D eigenvalue weighted by Crippen LogP contribution is -2.01. The molecule has 3 aromatic rings. The highest BCUT2D eigenvalue weighted by Crippen LogP contribution is 2.49. The molecule has 0 radical (unpaired) electrons. The zero-order valence-corrected chi connectivity index (χ0v) is 19.7. The van der Waals surface area contributed by atoms with Crippen LogP contribution in [0, 0.1) is 0 Å². The van der Waals surface area contributed by atoms with Crippen LogP contribution in [0.4, 0.5) is 0 Å². The number of fused-ring (bicyclic) bond motifs is 3. The van der Waals surface area contributed by atoms with Gasteiger partial charge >= 0.3 is 5.97 Å². The molecule has 0 saturated carbocycles. The second-order valence-electron chi connectivity index (χ2n) is 6.57. The van der Waals surface area contributed by atoms with E-state index >= 15 is 0 Å². The summed E-state index contributed by atoms with van der Waals surface area (Å²) in [6.45, 7) is 0.129. The molecule has 3 aromatic carbocycles. The first-order chi connectivity index (χ1) is 14.6. The van der Waals surface area contributed by atoms with Crippen LogP contribution >= 0.6 is 45.2 Å². The zero-order chi connectivity index (χ0) is 20.8. The van der Waals surface area contributed by atoms with E-state index in [1.165, 1.54) is 0 Å². The molecule has 5 rings (SSSR count). The minimum Gasteiger partial charge on any atom is -0.507 e. The van der Waals surface area contributed by atoms with Crippen molar-refractivity contribution in [2.24, 2.45) is 0 Å². The van der Waals surface area contributed by atoms with Crippen molar-refractivity contribution in [1.29, 1.82) is 0 Å². The van der Waals surface area contributed by atoms with Crippen molar-refractivity contribution in [3.63, 3.8) is 0 Å². The van der Waals surface area contributed by atoms with Crippen molar-refractivity contribution < 1.29 is 33.6 Å². The largest absolute Gasteiger partial charge is 0.507 e. The maximum atomic E-state index is 12.6. The lowest BCUT2D eigenvalue weighted by atomic mass is 9.89. The lowest BCUT2D eigenvalue weighted by Gasteiger charge is -2.16. The van der Waals surface area contributed by atoms with Crippen LogP contribution in [0.3, 0.4) is 0 Å². The molecule has 0 spiro atoms. The Kier molecular flexibility index (Phi) is 5.17. The summed E-state index contributed by atoms with van der Waals surface area (Å²) < 4.78 is 28.6. The number of hydrogen-bond donors (Lipinski definition) is 1. The minimum absolute atomic E-state index is 0.0153. The number of ether oxygens (including phenoxy) is 5. The van der Waals surface area contributed by atoms with Gasteiger partial charge in [-0.2, -0.15) is 0 Å². The molecule has 7 nitrogen and oxygen atoms in total. The molecule has 0 fully saturated rings. The summed E-state index contributed by atoms with van der Waals surface area (Å²) in [5, 5.41) is 12.1. The standard InChI is InChI=1S/C21H14I2O7/c22-7-27-14-2-1-10(3-15(14)28-8-23)18-11-4-16-17(30-9-29-16)5-12(11)20(24)13-6-26-21(25)19(13)18/h1-5,24H,6-9H2. The fraction of sp³-hybridized carbons (Fsp3) is 0.190. The molecule has 0 amide bonds. The Hall–Kier alpha value is -2.15. The third-order valence-electron chi connectivity index (χ3n) is 5.08. The van der Waals surface area contributed by atoms with Crippen LogP contribution in [-0.4, -0.2) is 27.1 Å². The van der Waals surface area contributed by atoms with Gasteiger partial charge in [-0.1, -0.05) is 6.07 Å². The van der Waals surface area contributed by atoms with E-state index < -0.39 is 5.97 Å². The van der Waals surface area contributed by atoms with Crippen molar-refractivity contribution in [3.05, 3.63) is 41.5 Å². The maximum Gasteiger partial charge on any atom is 0.339 e. The SMILES string of the molecule is O=C1OCc2c1c(-c1ccc(OCI)c(OCI)c1)c1cc3c(cc1c2O)OCO3. The number of carbonyl (C=O) groups excluding carboxylic acids is 1. The molecule has 2 aliphatic rings. The number of hydrogen-bond acceptors (Lipinski definition) is 7. The minimum atomic E-state index is -0.473. The Balaban J connectivity index is 1.82. The number of aromatic hydroxyl groups is 1. The number of esters is 1. The molecule has 0 aromatic heterocycles. The van der Waals surface area contributed by atoms with E-state index in [1.54, 1.807) is 12.1 Å². The van der Waals surface area contributed by atoms with E-state index in [2.05, 4.69) is 45.2 Å². The van der Waals surface area contributed by atoms with Gasteiger partial charge in [0.2, 0.25) is 6.79 Å². The predicted molar refractivity (Wildman–Crippen MR) is 125 cm³/mol. The van der Waals surface area contributed by atoms with Crippen LogP contribution in [0.1, 0.15) is 15.9 Å². The fourth-order valence-corrected chi connectivity index (χ4v) is 4.47. The first-order valence-electron chi connectivity index (χ1n) is 8.92. The van der Waals surface area contributed by atoms with Gasteiger partial charge in [0.25, 0.3) is 0 Å². The van der Waals surface area contributed by atoms with Crippen LogP contribution in [0.25, 0.3) is 21.9 Å². The number of phenolic OH excluding ortho intramolecular Hbond substituents is 1. The Morgan fingerprint density at radius 3 is 2.33 bits per heavy atom. The molecule has 9 heteroatoms. The summed E-state index contributed by atoms with van der Waals surface area (Å²) in [7, 11) is 0. The number of alkyl halides is 2. The number of halogens is 2. The van der Waals surface area contributed by atoms with Crippen molar-refractivity contribution in [2.45, 2.75) is 6.61 Å². The average molecular weight is 632 g/mol. The highest BCUT2D eigenvalue weighted by Gasteiger charge is 2.32. The monoisotopic (exact) mass is 632 g/mol. The summed E-state index contributed by atoms with van der Waals surface area (Å²) in [6, 6.07) is 9.03. The topological polar surface area (TPSA) is 83.5 Å². The summed E-state index contributed by atoms with van der Waals surface area (Å²) in [6.07, 6.45) is 0. The summed E-state index contributed by atoms with van der Waals surface area (Å²) in [5.74, 6) is 1.84. The van der Waals surface area contributed by atoms with E-state index in [0.717, 1.165) is 5.56 Å². The van der Waals surface area contributed by atoms with Gasteiger partial charge in [0.15, 0.2) is 23.0 Å². The van der Waals surface area contributed by atoms with Gasteiger partial charge in [-0.15, -0.1) is 0 Å². The van der Waals surface area contributed by atoms with E-state index in [9.17, 15) is 9.90 Å². The van der Waals surface area contributed by atoms with Crippen LogP contribution < -0.4 is 18.9 Å². The molecular weight excluding hydrogens is 618 g/mol. The molecule has 2 aliphatic heterocycles. The second kappa shape index (κ2) is 7.84. The highest BCUT2D eigenvalue weighted by molar-refractivity contribution is 14.1.